The third kappa shape index (κ3) is 4.02. The number of rotatable bonds is 2. The molecule has 1 aliphatic heterocycles. The van der Waals surface area contributed by atoms with Gasteiger partial charge in [0.05, 0.1) is 29.3 Å². The minimum atomic E-state index is -4.87. The Bertz CT molecular complexity index is 1180. The molecule has 0 bridgehead atoms. The van der Waals surface area contributed by atoms with Crippen molar-refractivity contribution in [2.75, 3.05) is 16.3 Å². The van der Waals surface area contributed by atoms with E-state index < -0.39 is 47.2 Å². The maximum atomic E-state index is 13.2. The fourth-order valence-corrected chi connectivity index (χ4v) is 3.35. The lowest BCUT2D eigenvalue weighted by atomic mass is 10.1. The van der Waals surface area contributed by atoms with Gasteiger partial charge in [0, 0.05) is 11.4 Å². The molecule has 1 fully saturated rings. The number of hydrogen-bond acceptors (Lipinski definition) is 3. The van der Waals surface area contributed by atoms with Gasteiger partial charge in [0.15, 0.2) is 10.8 Å². The average molecular weight is 454 g/mol. The first-order valence-corrected chi connectivity index (χ1v) is 8.64. The lowest BCUT2D eigenvalue weighted by Gasteiger charge is -2.22. The van der Waals surface area contributed by atoms with Crippen LogP contribution >= 0.6 is 12.2 Å². The second kappa shape index (κ2) is 7.56. The van der Waals surface area contributed by atoms with Crippen LogP contribution in [-0.2, 0) is 17.1 Å². The Labute approximate surface area is 176 Å². The van der Waals surface area contributed by atoms with E-state index in [-0.39, 0.29) is 16.5 Å². The molecule has 5 nitrogen and oxygen atoms in total. The molecule has 3 rings (SSSR count). The number of thiocarbonyl (C=S) groups is 1. The first kappa shape index (κ1) is 22.1. The third-order valence-electron chi connectivity index (χ3n) is 4.37. The van der Waals surface area contributed by atoms with Gasteiger partial charge in [-0.15, -0.1) is 0 Å². The highest BCUT2D eigenvalue weighted by Crippen LogP contribution is 2.40. The molecule has 1 saturated heterocycles. The second-order valence-corrected chi connectivity index (χ2v) is 6.61. The van der Waals surface area contributed by atoms with Gasteiger partial charge < -0.3 is 4.90 Å². The molecule has 2 aromatic carbocycles. The fraction of sp³-hybridized carbons (Fsp3) is 0.158. The number of hydrogen-bond donors (Lipinski definition) is 0. The van der Waals surface area contributed by atoms with Crippen LogP contribution in [0.15, 0.2) is 36.4 Å². The molecule has 1 amide bonds. The Morgan fingerprint density at radius 3 is 2.13 bits per heavy atom. The van der Waals surface area contributed by atoms with Crippen LogP contribution in [0.2, 0.25) is 0 Å². The Hall–Kier alpha value is -3.64. The average Bonchev–Trinajstić information content (AvgIpc) is 2.99. The molecule has 0 atom stereocenters. The number of carbonyl (C=O) groups is 1. The molecule has 31 heavy (non-hydrogen) atoms. The molecular formula is C19H8F6N4OS. The monoisotopic (exact) mass is 454 g/mol. The van der Waals surface area contributed by atoms with Crippen LogP contribution in [0, 0.1) is 17.9 Å². The summed E-state index contributed by atoms with van der Waals surface area (Å²) in [5.41, 5.74) is -4.24. The van der Waals surface area contributed by atoms with Crippen LogP contribution in [0.5, 0.6) is 0 Å². The number of alkyl halides is 6. The third-order valence-corrected chi connectivity index (χ3v) is 4.77. The van der Waals surface area contributed by atoms with Crippen molar-refractivity contribution >= 4 is 40.3 Å². The van der Waals surface area contributed by atoms with Crippen LogP contribution < -0.4 is 9.80 Å². The van der Waals surface area contributed by atoms with Gasteiger partial charge in [0.25, 0.3) is 5.91 Å². The molecule has 0 N–H and O–H groups in total. The topological polar surface area (TPSA) is 51.7 Å². The van der Waals surface area contributed by atoms with E-state index in [2.05, 4.69) is 4.85 Å². The van der Waals surface area contributed by atoms with Crippen molar-refractivity contribution in [2.45, 2.75) is 12.4 Å². The van der Waals surface area contributed by atoms with E-state index in [1.54, 1.807) is 0 Å². The van der Waals surface area contributed by atoms with Gasteiger partial charge in [-0.1, -0.05) is 6.07 Å². The predicted molar refractivity (Wildman–Crippen MR) is 101 cm³/mol. The van der Waals surface area contributed by atoms with Crippen molar-refractivity contribution in [3.05, 3.63) is 64.5 Å². The summed E-state index contributed by atoms with van der Waals surface area (Å²) >= 11 is 5.14. The fourth-order valence-electron chi connectivity index (χ4n) is 2.98. The van der Waals surface area contributed by atoms with Crippen molar-refractivity contribution in [1.82, 2.24) is 0 Å². The van der Waals surface area contributed by atoms with E-state index in [9.17, 15) is 31.1 Å². The van der Waals surface area contributed by atoms with Gasteiger partial charge in [-0.2, -0.15) is 31.6 Å². The Kier molecular flexibility index (Phi) is 5.38. The Morgan fingerprint density at radius 1 is 1.00 bits per heavy atom. The molecule has 0 aromatic heterocycles. The predicted octanol–water partition coefficient (Wildman–Crippen LogP) is 5.28. The molecule has 1 aliphatic rings. The first-order chi connectivity index (χ1) is 14.4. The summed E-state index contributed by atoms with van der Waals surface area (Å²) in [6, 6.07) is 6.70. The van der Waals surface area contributed by atoms with Crippen LogP contribution in [0.4, 0.5) is 43.4 Å². The smallest absolute Gasteiger partial charge is 0.309 e. The lowest BCUT2D eigenvalue weighted by molar-refractivity contribution is -0.138. The first-order valence-electron chi connectivity index (χ1n) is 8.23. The molecule has 1 heterocycles. The number of benzene rings is 2. The maximum absolute atomic E-state index is 13.2. The summed E-state index contributed by atoms with van der Waals surface area (Å²) in [5.74, 6) is -0.772. The normalized spacial score (nSPS) is 14.6. The number of amides is 1. The molecule has 0 radical (unpaired) electrons. The molecule has 0 unspecified atom stereocenters. The molecule has 0 saturated carbocycles. The van der Waals surface area contributed by atoms with E-state index >= 15 is 0 Å². The van der Waals surface area contributed by atoms with E-state index in [0.29, 0.717) is 12.1 Å². The molecule has 158 valence electrons. The lowest BCUT2D eigenvalue weighted by Crippen LogP contribution is -2.33. The molecule has 2 aromatic rings. The summed E-state index contributed by atoms with van der Waals surface area (Å²) < 4.78 is 79.4. The zero-order chi connectivity index (χ0) is 23.1. The van der Waals surface area contributed by atoms with Crippen molar-refractivity contribution in [2.24, 2.45) is 0 Å². The minimum Gasteiger partial charge on any atom is -0.309 e. The maximum Gasteiger partial charge on any atom is 0.417 e. The highest BCUT2D eigenvalue weighted by molar-refractivity contribution is 7.81. The summed E-state index contributed by atoms with van der Waals surface area (Å²) in [6.45, 7) is 6.35. The summed E-state index contributed by atoms with van der Waals surface area (Å²) in [6.07, 6.45) is -9.71. The van der Waals surface area contributed by atoms with E-state index in [4.69, 9.17) is 24.1 Å². The summed E-state index contributed by atoms with van der Waals surface area (Å²) in [7, 11) is 0. The highest BCUT2D eigenvalue weighted by Gasteiger charge is 2.40. The molecule has 12 heteroatoms. The van der Waals surface area contributed by atoms with Crippen LogP contribution in [0.25, 0.3) is 4.85 Å². The van der Waals surface area contributed by atoms with Gasteiger partial charge in [-0.05, 0) is 42.5 Å². The zero-order valence-corrected chi connectivity index (χ0v) is 15.9. The molecule has 0 aliphatic carbocycles. The van der Waals surface area contributed by atoms with Gasteiger partial charge in [-0.3, -0.25) is 9.69 Å². The van der Waals surface area contributed by atoms with E-state index in [1.807, 2.05) is 0 Å². The Balaban J connectivity index is 2.04. The SMILES string of the molecule is [C-]#[N+]c1ccc(N2C(=O)CN(c3ccc(C#N)c(C(F)(F)F)c3)C2=S)cc1C(F)(F)F. The summed E-state index contributed by atoms with van der Waals surface area (Å²) in [4.78, 5) is 17.0. The summed E-state index contributed by atoms with van der Waals surface area (Å²) in [5, 5.41) is 8.55. The van der Waals surface area contributed by atoms with Crippen LogP contribution in [-0.4, -0.2) is 17.6 Å². The van der Waals surface area contributed by atoms with Gasteiger partial charge in [0.1, 0.15) is 6.54 Å². The van der Waals surface area contributed by atoms with Crippen LogP contribution in [0.3, 0.4) is 0 Å². The number of anilines is 2. The highest BCUT2D eigenvalue weighted by atomic mass is 32.1. The van der Waals surface area contributed by atoms with Gasteiger partial charge in [-0.25, -0.2) is 4.85 Å². The number of carbonyl (C=O) groups excluding carboxylic acids is 1. The van der Waals surface area contributed by atoms with Crippen molar-refractivity contribution in [3.8, 4) is 6.07 Å². The van der Waals surface area contributed by atoms with Gasteiger partial charge >= 0.3 is 12.4 Å². The number of nitrogens with zero attached hydrogens (tertiary/aromatic N) is 4. The molecular weight excluding hydrogens is 446 g/mol. The number of halogens is 6. The van der Waals surface area contributed by atoms with Gasteiger partial charge in [0.2, 0.25) is 0 Å². The second-order valence-electron chi connectivity index (χ2n) is 6.25. The van der Waals surface area contributed by atoms with Crippen LogP contribution in [0.1, 0.15) is 16.7 Å². The zero-order valence-electron chi connectivity index (χ0n) is 15.0. The van der Waals surface area contributed by atoms with Crippen molar-refractivity contribution < 1.29 is 31.1 Å². The van der Waals surface area contributed by atoms with Crippen molar-refractivity contribution in [3.63, 3.8) is 0 Å². The molecule has 0 spiro atoms. The minimum absolute atomic E-state index is 0.152. The van der Waals surface area contributed by atoms with E-state index in [0.717, 1.165) is 34.1 Å². The quantitative estimate of drug-likeness (QED) is 0.352. The standard InChI is InChI=1S/C19H8F6N4OS/c1-27-15-5-4-12(7-14(15)19(23,24)25)29-16(30)9-28(17(29)31)11-3-2-10(8-26)13(6-11)18(20,21)22/h2-7H,9H2. The Morgan fingerprint density at radius 2 is 1.58 bits per heavy atom. The largest absolute Gasteiger partial charge is 0.417 e. The number of nitriles is 1. The van der Waals surface area contributed by atoms with Crippen molar-refractivity contribution in [1.29, 1.82) is 5.26 Å². The van der Waals surface area contributed by atoms with E-state index in [1.165, 1.54) is 6.07 Å².